The molecule has 156 valence electrons. The summed E-state index contributed by atoms with van der Waals surface area (Å²) in [6.07, 6.45) is 3.14. The molecule has 0 saturated heterocycles. The highest BCUT2D eigenvalue weighted by Gasteiger charge is 2.25. The van der Waals surface area contributed by atoms with E-state index in [-0.39, 0.29) is 17.9 Å². The maximum Gasteiger partial charge on any atom is 0.326 e. The van der Waals surface area contributed by atoms with Crippen LogP contribution < -0.4 is 16.0 Å². The van der Waals surface area contributed by atoms with Crippen LogP contribution in [0.15, 0.2) is 24.5 Å². The summed E-state index contributed by atoms with van der Waals surface area (Å²) >= 11 is 1.40. The van der Waals surface area contributed by atoms with Crippen LogP contribution in [0, 0.1) is 0 Å². The topological polar surface area (TPSA) is 127 Å². The first-order valence-electron chi connectivity index (χ1n) is 9.62. The predicted molar refractivity (Wildman–Crippen MR) is 115 cm³/mol. The number of Topliss-reactive ketones (excluding diaryl/α,β-unsaturated/α-hetero) is 1. The van der Waals surface area contributed by atoms with Crippen LogP contribution in [-0.2, 0) is 11.2 Å². The zero-order valence-corrected chi connectivity index (χ0v) is 17.7. The van der Waals surface area contributed by atoms with E-state index in [9.17, 15) is 9.59 Å². The zero-order chi connectivity index (χ0) is 21.3. The van der Waals surface area contributed by atoms with Crippen molar-refractivity contribution in [1.29, 1.82) is 0 Å². The number of thiazole rings is 1. The number of aromatic nitrogens is 5. The van der Waals surface area contributed by atoms with Gasteiger partial charge < -0.3 is 9.88 Å². The first-order valence-corrected chi connectivity index (χ1v) is 10.4. The first-order chi connectivity index (χ1) is 14.4. The minimum Gasteiger partial charge on any atom is -0.359 e. The fourth-order valence-corrected chi connectivity index (χ4v) is 4.12. The summed E-state index contributed by atoms with van der Waals surface area (Å²) in [5, 5.41) is 17.1. The van der Waals surface area contributed by atoms with E-state index < -0.39 is 6.03 Å². The van der Waals surface area contributed by atoms with Gasteiger partial charge >= 0.3 is 6.03 Å². The predicted octanol–water partition coefficient (Wildman–Crippen LogP) is 3.34. The molecule has 1 atom stereocenters. The summed E-state index contributed by atoms with van der Waals surface area (Å²) < 4.78 is 1.91. The van der Waals surface area contributed by atoms with E-state index in [2.05, 4.69) is 36.1 Å². The minimum atomic E-state index is -0.445. The van der Waals surface area contributed by atoms with Gasteiger partial charge in [0.25, 0.3) is 0 Å². The Morgan fingerprint density at radius 2 is 2.10 bits per heavy atom. The number of rotatable bonds is 5. The van der Waals surface area contributed by atoms with Crippen molar-refractivity contribution in [1.82, 2.24) is 24.7 Å². The van der Waals surface area contributed by atoms with E-state index in [1.165, 1.54) is 11.3 Å². The smallest absolute Gasteiger partial charge is 0.326 e. The van der Waals surface area contributed by atoms with Crippen LogP contribution in [0.3, 0.4) is 0 Å². The Kier molecular flexibility index (Phi) is 5.44. The Hall–Kier alpha value is -3.34. The minimum absolute atomic E-state index is 0.0835. The van der Waals surface area contributed by atoms with Crippen LogP contribution in [0.1, 0.15) is 38.1 Å². The normalized spacial score (nSPS) is 15.4. The third kappa shape index (κ3) is 4.15. The number of fused-ring (bicyclic) bond motifs is 1. The molecule has 1 aliphatic rings. The second-order valence-electron chi connectivity index (χ2n) is 7.28. The average Bonchev–Trinajstić information content (AvgIpc) is 3.34. The third-order valence-electron chi connectivity index (χ3n) is 4.73. The Labute approximate surface area is 177 Å². The van der Waals surface area contributed by atoms with Crippen LogP contribution in [0.4, 0.5) is 21.6 Å². The van der Waals surface area contributed by atoms with Gasteiger partial charge in [0.2, 0.25) is 0 Å². The molecular formula is C19H22N8O2S. The summed E-state index contributed by atoms with van der Waals surface area (Å²) in [6.45, 7) is 5.62. The molecule has 1 aliphatic heterocycles. The van der Waals surface area contributed by atoms with Gasteiger partial charge in [-0.3, -0.25) is 15.4 Å². The molecule has 4 heterocycles. The summed E-state index contributed by atoms with van der Waals surface area (Å²) in [5.41, 5.74) is 0.614. The van der Waals surface area contributed by atoms with Crippen LogP contribution in [0.5, 0.6) is 0 Å². The van der Waals surface area contributed by atoms with Gasteiger partial charge in [0.05, 0.1) is 10.9 Å². The molecule has 0 aromatic carbocycles. The SMILES string of the molecule is CC(=O)C1CCc2sc(NC(=O)Nc3cccc(-c4nncn4C(C)C)n3)nc2N1. The molecule has 2 amide bonds. The molecule has 0 saturated carbocycles. The number of pyridine rings is 1. The van der Waals surface area contributed by atoms with Crippen LogP contribution in [0.25, 0.3) is 11.5 Å². The maximum absolute atomic E-state index is 12.4. The number of urea groups is 1. The van der Waals surface area contributed by atoms with Gasteiger partial charge in [0, 0.05) is 6.04 Å². The van der Waals surface area contributed by atoms with Gasteiger partial charge in [-0.1, -0.05) is 17.4 Å². The number of carbonyl (C=O) groups is 2. The van der Waals surface area contributed by atoms with Crippen molar-refractivity contribution >= 4 is 39.9 Å². The Bertz CT molecular complexity index is 1090. The molecule has 0 bridgehead atoms. The molecule has 3 aromatic heterocycles. The number of amides is 2. The van der Waals surface area contributed by atoms with Gasteiger partial charge in [-0.25, -0.2) is 14.8 Å². The largest absolute Gasteiger partial charge is 0.359 e. The molecule has 3 N–H and O–H groups in total. The number of ketones is 1. The van der Waals surface area contributed by atoms with Crippen molar-refractivity contribution in [2.75, 3.05) is 16.0 Å². The second kappa shape index (κ2) is 8.19. The van der Waals surface area contributed by atoms with E-state index in [1.54, 1.807) is 25.4 Å². The van der Waals surface area contributed by atoms with Gasteiger partial charge in [-0.15, -0.1) is 10.2 Å². The average molecular weight is 427 g/mol. The van der Waals surface area contributed by atoms with Crippen molar-refractivity contribution < 1.29 is 9.59 Å². The van der Waals surface area contributed by atoms with E-state index in [0.29, 0.717) is 28.3 Å². The highest BCUT2D eigenvalue weighted by molar-refractivity contribution is 7.16. The quantitative estimate of drug-likeness (QED) is 0.571. The van der Waals surface area contributed by atoms with Gasteiger partial charge in [0.15, 0.2) is 16.7 Å². The fraction of sp³-hybridized carbons (Fsp3) is 0.368. The number of anilines is 3. The summed E-state index contributed by atoms with van der Waals surface area (Å²) in [4.78, 5) is 33.9. The van der Waals surface area contributed by atoms with Gasteiger partial charge in [-0.2, -0.15) is 0 Å². The number of aryl methyl sites for hydroxylation is 1. The van der Waals surface area contributed by atoms with Crippen molar-refractivity contribution in [3.8, 4) is 11.5 Å². The lowest BCUT2D eigenvalue weighted by molar-refractivity contribution is -0.117. The monoisotopic (exact) mass is 426 g/mol. The number of nitrogens with zero attached hydrogens (tertiary/aromatic N) is 5. The lowest BCUT2D eigenvalue weighted by Crippen LogP contribution is -2.31. The van der Waals surface area contributed by atoms with Crippen molar-refractivity contribution in [3.63, 3.8) is 0 Å². The van der Waals surface area contributed by atoms with Gasteiger partial charge in [0.1, 0.15) is 23.7 Å². The Morgan fingerprint density at radius 3 is 2.87 bits per heavy atom. The molecule has 3 aromatic rings. The van der Waals surface area contributed by atoms with E-state index >= 15 is 0 Å². The zero-order valence-electron chi connectivity index (χ0n) is 16.8. The maximum atomic E-state index is 12.4. The lowest BCUT2D eigenvalue weighted by Gasteiger charge is -2.20. The third-order valence-corrected chi connectivity index (χ3v) is 5.76. The molecule has 0 fully saturated rings. The molecule has 1 unspecified atom stereocenters. The second-order valence-corrected chi connectivity index (χ2v) is 8.36. The number of hydrogen-bond donors (Lipinski definition) is 3. The molecule has 0 radical (unpaired) electrons. The highest BCUT2D eigenvalue weighted by atomic mass is 32.1. The first kappa shape index (κ1) is 20.0. The number of hydrogen-bond acceptors (Lipinski definition) is 8. The molecule has 30 heavy (non-hydrogen) atoms. The van der Waals surface area contributed by atoms with Gasteiger partial charge in [-0.05, 0) is 45.7 Å². The molecule has 0 spiro atoms. The molecular weight excluding hydrogens is 404 g/mol. The highest BCUT2D eigenvalue weighted by Crippen LogP contribution is 2.33. The molecule has 0 aliphatic carbocycles. The summed E-state index contributed by atoms with van der Waals surface area (Å²) in [7, 11) is 0. The van der Waals surface area contributed by atoms with Crippen LogP contribution in [0.2, 0.25) is 0 Å². The van der Waals surface area contributed by atoms with E-state index in [4.69, 9.17) is 0 Å². The summed E-state index contributed by atoms with van der Waals surface area (Å²) in [5.74, 6) is 1.77. The number of carbonyl (C=O) groups excluding carboxylic acids is 2. The van der Waals surface area contributed by atoms with Crippen LogP contribution >= 0.6 is 11.3 Å². The molecule has 10 nitrogen and oxygen atoms in total. The summed E-state index contributed by atoms with van der Waals surface area (Å²) in [6, 6.07) is 4.83. The van der Waals surface area contributed by atoms with Crippen molar-refractivity contribution in [2.24, 2.45) is 0 Å². The number of nitrogens with one attached hydrogen (secondary N) is 3. The fourth-order valence-electron chi connectivity index (χ4n) is 3.18. The Morgan fingerprint density at radius 1 is 1.27 bits per heavy atom. The molecule has 4 rings (SSSR count). The van der Waals surface area contributed by atoms with Crippen LogP contribution in [-0.4, -0.2) is 42.6 Å². The van der Waals surface area contributed by atoms with Crippen molar-refractivity contribution in [3.05, 3.63) is 29.4 Å². The lowest BCUT2D eigenvalue weighted by atomic mass is 10.0. The molecule has 11 heteroatoms. The Balaban J connectivity index is 1.44. The standard InChI is InChI=1S/C19H22N8O2S/c1-10(2)27-9-20-26-17(27)13-5-4-6-15(21-13)23-18(29)25-19-24-16-14(30-19)8-7-12(22-16)11(3)28/h4-6,9-10,12,22H,7-8H2,1-3H3,(H2,21,23,24,25,29). The van der Waals surface area contributed by atoms with Crippen molar-refractivity contribution in [2.45, 2.75) is 45.7 Å². The van der Waals surface area contributed by atoms with E-state index in [0.717, 1.165) is 17.7 Å². The van der Waals surface area contributed by atoms with E-state index in [1.807, 2.05) is 24.5 Å².